The molecule has 162 valence electrons. The summed E-state index contributed by atoms with van der Waals surface area (Å²) < 4.78 is 1.30. The maximum absolute atomic E-state index is 12.5. The zero-order valence-electron chi connectivity index (χ0n) is 17.9. The summed E-state index contributed by atoms with van der Waals surface area (Å²) in [6.45, 7) is 4.16. The number of carbonyl (C=O) groups is 1. The minimum atomic E-state index is -0.374. The van der Waals surface area contributed by atoms with Gasteiger partial charge in [-0.3, -0.25) is 9.59 Å². The lowest BCUT2D eigenvalue weighted by Crippen LogP contribution is -2.30. The summed E-state index contributed by atoms with van der Waals surface area (Å²) in [7, 11) is 3.97. The number of aryl methyl sites for hydroxylation is 1. The normalized spacial score (nSPS) is 11.8. The molecule has 1 atom stereocenters. The fourth-order valence-electron chi connectivity index (χ4n) is 2.84. The van der Waals surface area contributed by atoms with Crippen molar-refractivity contribution in [1.29, 1.82) is 0 Å². The molecule has 3 aromatic rings. The van der Waals surface area contributed by atoms with Crippen molar-refractivity contribution in [3.05, 3.63) is 81.1 Å². The van der Waals surface area contributed by atoms with E-state index >= 15 is 0 Å². The van der Waals surface area contributed by atoms with Crippen molar-refractivity contribution < 1.29 is 4.79 Å². The first-order valence-electron chi connectivity index (χ1n) is 9.82. The summed E-state index contributed by atoms with van der Waals surface area (Å²) in [5.74, 6) is -0.0976. The van der Waals surface area contributed by atoms with E-state index in [0.29, 0.717) is 22.3 Å². The number of carbonyl (C=O) groups excluding carboxylic acids is 1. The van der Waals surface area contributed by atoms with Gasteiger partial charge in [0.25, 0.3) is 5.56 Å². The quantitative estimate of drug-likeness (QED) is 0.543. The third-order valence-corrected chi connectivity index (χ3v) is 6.20. The highest BCUT2D eigenvalue weighted by Crippen LogP contribution is 2.22. The van der Waals surface area contributed by atoms with Crippen molar-refractivity contribution in [3.8, 4) is 5.69 Å². The molecule has 2 aromatic carbocycles. The molecule has 3 rings (SSSR count). The predicted octanol–water partition coefficient (Wildman–Crippen LogP) is 4.06. The number of amides is 1. The Morgan fingerprint density at radius 3 is 2.52 bits per heavy atom. The van der Waals surface area contributed by atoms with Gasteiger partial charge in [0.05, 0.1) is 10.9 Å². The van der Waals surface area contributed by atoms with Gasteiger partial charge in [-0.05, 0) is 55.3 Å². The van der Waals surface area contributed by atoms with Crippen molar-refractivity contribution in [2.45, 2.75) is 30.7 Å². The standard InChI is InChI=1S/C23H25ClN4O2S/c1-15-5-8-19(13-20(15)24)28-22(29)12-11-21(26-28)31-16(2)23(30)25-14-17-6-9-18(10-7-17)27(3)4/h5-13,16H,14H2,1-4H3,(H,25,30)/t16-/m0/s1. The highest BCUT2D eigenvalue weighted by atomic mass is 35.5. The topological polar surface area (TPSA) is 67.2 Å². The van der Waals surface area contributed by atoms with Crippen LogP contribution < -0.4 is 15.8 Å². The molecule has 0 aliphatic heterocycles. The monoisotopic (exact) mass is 456 g/mol. The molecule has 0 fully saturated rings. The first-order valence-corrected chi connectivity index (χ1v) is 11.1. The number of anilines is 1. The van der Waals surface area contributed by atoms with E-state index in [1.165, 1.54) is 22.5 Å². The van der Waals surface area contributed by atoms with Crippen LogP contribution in [0.2, 0.25) is 5.02 Å². The number of benzene rings is 2. The summed E-state index contributed by atoms with van der Waals surface area (Å²) in [5, 5.41) is 8.13. The van der Waals surface area contributed by atoms with E-state index < -0.39 is 0 Å². The van der Waals surface area contributed by atoms with Gasteiger partial charge in [0.2, 0.25) is 5.91 Å². The number of hydrogen-bond acceptors (Lipinski definition) is 5. The number of thioether (sulfide) groups is 1. The first kappa shape index (κ1) is 22.9. The fourth-order valence-corrected chi connectivity index (χ4v) is 3.84. The van der Waals surface area contributed by atoms with E-state index in [0.717, 1.165) is 16.8 Å². The zero-order valence-corrected chi connectivity index (χ0v) is 19.5. The molecule has 8 heteroatoms. The lowest BCUT2D eigenvalue weighted by molar-refractivity contribution is -0.120. The third-order valence-electron chi connectivity index (χ3n) is 4.76. The van der Waals surface area contributed by atoms with Gasteiger partial charge < -0.3 is 10.2 Å². The van der Waals surface area contributed by atoms with Gasteiger partial charge in [0.1, 0.15) is 5.03 Å². The highest BCUT2D eigenvalue weighted by Gasteiger charge is 2.16. The lowest BCUT2D eigenvalue weighted by Gasteiger charge is -2.14. The Morgan fingerprint density at radius 1 is 1.16 bits per heavy atom. The van der Waals surface area contributed by atoms with Crippen LogP contribution in [0.3, 0.4) is 0 Å². The molecule has 0 saturated heterocycles. The van der Waals surface area contributed by atoms with Gasteiger partial charge >= 0.3 is 0 Å². The minimum Gasteiger partial charge on any atom is -0.378 e. The average Bonchev–Trinajstić information content (AvgIpc) is 2.75. The van der Waals surface area contributed by atoms with Crippen molar-refractivity contribution in [2.24, 2.45) is 0 Å². The largest absolute Gasteiger partial charge is 0.378 e. The molecule has 1 aromatic heterocycles. The second-order valence-electron chi connectivity index (χ2n) is 7.39. The van der Waals surface area contributed by atoms with Crippen LogP contribution in [0.4, 0.5) is 5.69 Å². The van der Waals surface area contributed by atoms with Crippen LogP contribution in [0.1, 0.15) is 18.1 Å². The number of nitrogens with one attached hydrogen (secondary N) is 1. The van der Waals surface area contributed by atoms with E-state index in [2.05, 4.69) is 10.4 Å². The second-order valence-corrected chi connectivity index (χ2v) is 9.16. The molecule has 0 unspecified atom stereocenters. The van der Waals surface area contributed by atoms with E-state index in [1.807, 2.05) is 63.2 Å². The van der Waals surface area contributed by atoms with Gasteiger partial charge in [-0.15, -0.1) is 0 Å². The van der Waals surface area contributed by atoms with E-state index in [9.17, 15) is 9.59 Å². The van der Waals surface area contributed by atoms with Crippen molar-refractivity contribution in [2.75, 3.05) is 19.0 Å². The van der Waals surface area contributed by atoms with E-state index in [1.54, 1.807) is 18.2 Å². The van der Waals surface area contributed by atoms with Gasteiger partial charge in [-0.1, -0.05) is 41.6 Å². The van der Waals surface area contributed by atoms with Crippen LogP contribution in [-0.2, 0) is 11.3 Å². The van der Waals surface area contributed by atoms with Crippen molar-refractivity contribution in [3.63, 3.8) is 0 Å². The molecule has 0 aliphatic carbocycles. The number of rotatable bonds is 7. The molecule has 1 N–H and O–H groups in total. The summed E-state index contributed by atoms with van der Waals surface area (Å²) in [6, 6.07) is 16.4. The molecule has 1 amide bonds. The molecule has 31 heavy (non-hydrogen) atoms. The molecule has 0 aliphatic rings. The molecular formula is C23H25ClN4O2S. The summed E-state index contributed by atoms with van der Waals surface area (Å²) in [6.07, 6.45) is 0. The Hall–Kier alpha value is -2.77. The summed E-state index contributed by atoms with van der Waals surface area (Å²) in [5.41, 5.74) is 3.38. The first-order chi connectivity index (χ1) is 14.7. The Bertz CT molecular complexity index is 1130. The molecule has 0 saturated carbocycles. The molecule has 0 spiro atoms. The van der Waals surface area contributed by atoms with Gasteiger partial charge in [0, 0.05) is 37.4 Å². The predicted molar refractivity (Wildman–Crippen MR) is 128 cm³/mol. The van der Waals surface area contributed by atoms with Gasteiger partial charge in [0.15, 0.2) is 0 Å². The Labute approximate surface area is 191 Å². The second kappa shape index (κ2) is 10.0. The maximum atomic E-state index is 12.5. The van der Waals surface area contributed by atoms with Crippen molar-refractivity contribution >= 4 is 35.0 Å². The Kier molecular flexibility index (Phi) is 7.41. The summed E-state index contributed by atoms with van der Waals surface area (Å²) in [4.78, 5) is 26.9. The summed E-state index contributed by atoms with van der Waals surface area (Å²) >= 11 is 7.48. The average molecular weight is 457 g/mol. The van der Waals surface area contributed by atoms with E-state index in [-0.39, 0.29) is 16.7 Å². The smallest absolute Gasteiger partial charge is 0.271 e. The number of hydrogen-bond donors (Lipinski definition) is 1. The molecule has 1 heterocycles. The SMILES string of the molecule is Cc1ccc(-n2nc(S[C@@H](C)C(=O)NCc3ccc(N(C)C)cc3)ccc2=O)cc1Cl. The van der Waals surface area contributed by atoms with Crippen LogP contribution in [0.5, 0.6) is 0 Å². The van der Waals surface area contributed by atoms with Crippen LogP contribution >= 0.6 is 23.4 Å². The number of aromatic nitrogens is 2. The maximum Gasteiger partial charge on any atom is 0.271 e. The van der Waals surface area contributed by atoms with Crippen LogP contribution in [-0.4, -0.2) is 35.0 Å². The van der Waals surface area contributed by atoms with Crippen molar-refractivity contribution in [1.82, 2.24) is 15.1 Å². The van der Waals surface area contributed by atoms with Gasteiger partial charge in [-0.25, -0.2) is 0 Å². The zero-order chi connectivity index (χ0) is 22.5. The third kappa shape index (κ3) is 5.89. The highest BCUT2D eigenvalue weighted by molar-refractivity contribution is 8.00. The number of halogens is 1. The van der Waals surface area contributed by atoms with E-state index in [4.69, 9.17) is 11.6 Å². The van der Waals surface area contributed by atoms with Crippen LogP contribution in [0, 0.1) is 6.92 Å². The number of nitrogens with zero attached hydrogens (tertiary/aromatic N) is 3. The molecule has 0 radical (unpaired) electrons. The molecular weight excluding hydrogens is 432 g/mol. The Morgan fingerprint density at radius 2 is 1.87 bits per heavy atom. The van der Waals surface area contributed by atoms with Crippen LogP contribution in [0.25, 0.3) is 5.69 Å². The van der Waals surface area contributed by atoms with Crippen LogP contribution in [0.15, 0.2) is 64.4 Å². The lowest BCUT2D eigenvalue weighted by atomic mass is 10.2. The fraction of sp³-hybridized carbons (Fsp3) is 0.261. The van der Waals surface area contributed by atoms with Gasteiger partial charge in [-0.2, -0.15) is 9.78 Å². The Balaban J connectivity index is 1.65. The molecule has 0 bridgehead atoms. The minimum absolute atomic E-state index is 0.0976. The molecule has 6 nitrogen and oxygen atoms in total.